The van der Waals surface area contributed by atoms with Gasteiger partial charge in [-0.15, -0.1) is 0 Å². The quantitative estimate of drug-likeness (QED) is 0.538. The largest absolute Gasteiger partial charge is 0.302 e. The average molecular weight is 414 g/mol. The van der Waals surface area contributed by atoms with Gasteiger partial charge in [0.15, 0.2) is 10.8 Å². The first-order valence-corrected chi connectivity index (χ1v) is 11.1. The van der Waals surface area contributed by atoms with Crippen molar-refractivity contribution in [3.63, 3.8) is 0 Å². The van der Waals surface area contributed by atoms with E-state index in [1.165, 1.54) is 5.56 Å². The van der Waals surface area contributed by atoms with Gasteiger partial charge in [-0.05, 0) is 58.0 Å². The van der Waals surface area contributed by atoms with E-state index in [1.807, 2.05) is 10.9 Å². The Hall–Kier alpha value is -2.25. The van der Waals surface area contributed by atoms with E-state index in [0.29, 0.717) is 12.2 Å². The van der Waals surface area contributed by atoms with E-state index < -0.39 is 0 Å². The molecule has 0 fully saturated rings. The first kappa shape index (κ1) is 21.5. The molecule has 156 valence electrons. The van der Waals surface area contributed by atoms with Crippen LogP contribution in [0.1, 0.15) is 55.4 Å². The number of thiazole rings is 1. The zero-order chi connectivity index (χ0) is 21.1. The number of aryl methyl sites for hydroxylation is 2. The molecule has 1 amide bonds. The molecule has 3 aromatic rings. The highest BCUT2D eigenvalue weighted by atomic mass is 32.1. The molecule has 6 nitrogen and oxygen atoms in total. The van der Waals surface area contributed by atoms with Crippen molar-refractivity contribution in [2.45, 2.75) is 47.6 Å². The summed E-state index contributed by atoms with van der Waals surface area (Å²) in [6.45, 7) is 15.9. The molecular formula is C22H31N5OS. The van der Waals surface area contributed by atoms with Crippen molar-refractivity contribution in [3.8, 4) is 0 Å². The van der Waals surface area contributed by atoms with Gasteiger partial charge in [-0.2, -0.15) is 5.10 Å². The van der Waals surface area contributed by atoms with Crippen molar-refractivity contribution in [1.29, 1.82) is 0 Å². The highest BCUT2D eigenvalue weighted by molar-refractivity contribution is 7.22. The van der Waals surface area contributed by atoms with E-state index in [-0.39, 0.29) is 11.9 Å². The lowest BCUT2D eigenvalue weighted by atomic mass is 10.1. The summed E-state index contributed by atoms with van der Waals surface area (Å²) in [5.74, 6) is -0.0917. The van der Waals surface area contributed by atoms with Crippen LogP contribution < -0.4 is 4.90 Å². The van der Waals surface area contributed by atoms with Crippen LogP contribution in [0.5, 0.6) is 0 Å². The second-order valence-electron chi connectivity index (χ2n) is 7.63. The van der Waals surface area contributed by atoms with E-state index in [0.717, 1.165) is 40.5 Å². The zero-order valence-electron chi connectivity index (χ0n) is 18.3. The molecule has 0 unspecified atom stereocenters. The second kappa shape index (κ2) is 9.05. The first-order chi connectivity index (χ1) is 13.8. The van der Waals surface area contributed by atoms with Crippen LogP contribution in [0.3, 0.4) is 0 Å². The number of hydrogen-bond acceptors (Lipinski definition) is 5. The predicted molar refractivity (Wildman–Crippen MR) is 121 cm³/mol. The number of carbonyl (C=O) groups is 1. The molecule has 0 N–H and O–H groups in total. The fourth-order valence-corrected chi connectivity index (χ4v) is 4.44. The number of amides is 1. The Kier molecular flexibility index (Phi) is 6.70. The lowest BCUT2D eigenvalue weighted by Crippen LogP contribution is -2.39. The minimum atomic E-state index is -0.0917. The van der Waals surface area contributed by atoms with Gasteiger partial charge in [0.2, 0.25) is 0 Å². The van der Waals surface area contributed by atoms with Gasteiger partial charge in [-0.1, -0.05) is 37.3 Å². The van der Waals surface area contributed by atoms with E-state index in [1.54, 1.807) is 22.3 Å². The predicted octanol–water partition coefficient (Wildman–Crippen LogP) is 4.68. The van der Waals surface area contributed by atoms with Crippen LogP contribution in [0.15, 0.2) is 24.4 Å². The number of nitrogens with zero attached hydrogens (tertiary/aromatic N) is 5. The molecule has 0 aliphatic rings. The number of likely N-dealkylation sites (N-methyl/N-ethyl adjacent to an activating group) is 1. The number of benzene rings is 1. The van der Waals surface area contributed by atoms with Gasteiger partial charge in [0.25, 0.3) is 5.91 Å². The van der Waals surface area contributed by atoms with Gasteiger partial charge in [0, 0.05) is 25.3 Å². The maximum atomic E-state index is 13.4. The third kappa shape index (κ3) is 4.51. The van der Waals surface area contributed by atoms with Crippen LogP contribution in [-0.2, 0) is 0 Å². The Balaban J connectivity index is 1.99. The number of anilines is 1. The Bertz CT molecular complexity index is 947. The highest BCUT2D eigenvalue weighted by Gasteiger charge is 2.24. The Morgan fingerprint density at radius 3 is 2.38 bits per heavy atom. The van der Waals surface area contributed by atoms with Gasteiger partial charge in [0.1, 0.15) is 0 Å². The van der Waals surface area contributed by atoms with E-state index in [2.05, 4.69) is 63.7 Å². The Morgan fingerprint density at radius 1 is 1.10 bits per heavy atom. The standard InChI is InChI=1S/C22H31N5OS/c1-7-25(8-2)13-14-26(21(28)18-11-12-27(24-18)15(3)4)22-23-19-16(5)9-10-17(6)20(19)29-22/h9-12,15H,7-8,13-14H2,1-6H3. The highest BCUT2D eigenvalue weighted by Crippen LogP contribution is 2.33. The van der Waals surface area contributed by atoms with Gasteiger partial charge < -0.3 is 4.90 Å². The molecule has 29 heavy (non-hydrogen) atoms. The summed E-state index contributed by atoms with van der Waals surface area (Å²) in [7, 11) is 0. The average Bonchev–Trinajstić information content (AvgIpc) is 3.36. The Labute approximate surface area is 177 Å². The van der Waals surface area contributed by atoms with Crippen molar-refractivity contribution in [2.75, 3.05) is 31.1 Å². The topological polar surface area (TPSA) is 54.3 Å². The molecule has 0 spiro atoms. The second-order valence-corrected chi connectivity index (χ2v) is 8.61. The number of hydrogen-bond donors (Lipinski definition) is 0. The summed E-state index contributed by atoms with van der Waals surface area (Å²) in [6, 6.07) is 6.23. The van der Waals surface area contributed by atoms with Crippen molar-refractivity contribution >= 4 is 32.6 Å². The van der Waals surface area contributed by atoms with Crippen molar-refractivity contribution in [2.24, 2.45) is 0 Å². The molecule has 0 bridgehead atoms. The van der Waals surface area contributed by atoms with Crippen LogP contribution in [0, 0.1) is 13.8 Å². The molecule has 0 aliphatic carbocycles. The summed E-state index contributed by atoms with van der Waals surface area (Å²) in [6.07, 6.45) is 1.87. The van der Waals surface area contributed by atoms with Crippen molar-refractivity contribution < 1.29 is 4.79 Å². The Morgan fingerprint density at radius 2 is 1.79 bits per heavy atom. The van der Waals surface area contributed by atoms with Crippen LogP contribution in [0.2, 0.25) is 0 Å². The molecule has 0 radical (unpaired) electrons. The maximum Gasteiger partial charge on any atom is 0.280 e. The van der Waals surface area contributed by atoms with Crippen LogP contribution in [0.4, 0.5) is 5.13 Å². The summed E-state index contributed by atoms with van der Waals surface area (Å²) < 4.78 is 2.97. The molecule has 0 saturated heterocycles. The van der Waals surface area contributed by atoms with Crippen molar-refractivity contribution in [1.82, 2.24) is 19.7 Å². The van der Waals surface area contributed by atoms with Gasteiger partial charge in [-0.3, -0.25) is 14.4 Å². The fourth-order valence-electron chi connectivity index (χ4n) is 3.31. The normalized spacial score (nSPS) is 11.7. The monoisotopic (exact) mass is 413 g/mol. The summed E-state index contributed by atoms with van der Waals surface area (Å²) in [5, 5.41) is 5.25. The fraction of sp³-hybridized carbons (Fsp3) is 0.500. The molecule has 3 rings (SSSR count). The minimum Gasteiger partial charge on any atom is -0.302 e. The smallest absolute Gasteiger partial charge is 0.280 e. The van der Waals surface area contributed by atoms with Gasteiger partial charge in [-0.25, -0.2) is 4.98 Å². The third-order valence-corrected chi connectivity index (χ3v) is 6.51. The lowest BCUT2D eigenvalue weighted by molar-refractivity contribution is 0.0978. The van der Waals surface area contributed by atoms with E-state index >= 15 is 0 Å². The van der Waals surface area contributed by atoms with E-state index in [4.69, 9.17) is 4.98 Å². The van der Waals surface area contributed by atoms with Gasteiger partial charge in [0.05, 0.1) is 10.2 Å². The number of carbonyl (C=O) groups excluding carboxylic acids is 1. The first-order valence-electron chi connectivity index (χ1n) is 10.3. The maximum absolute atomic E-state index is 13.4. The molecule has 2 aromatic heterocycles. The molecule has 1 aromatic carbocycles. The number of aromatic nitrogens is 3. The molecule has 0 atom stereocenters. The van der Waals surface area contributed by atoms with Crippen molar-refractivity contribution in [3.05, 3.63) is 41.2 Å². The summed E-state index contributed by atoms with van der Waals surface area (Å²) in [5.41, 5.74) is 3.77. The number of rotatable bonds is 8. The summed E-state index contributed by atoms with van der Waals surface area (Å²) in [4.78, 5) is 22.4. The number of fused-ring (bicyclic) bond motifs is 1. The minimum absolute atomic E-state index is 0.0917. The van der Waals surface area contributed by atoms with Crippen LogP contribution >= 0.6 is 11.3 Å². The third-order valence-electron chi connectivity index (χ3n) is 5.30. The zero-order valence-corrected chi connectivity index (χ0v) is 19.1. The van der Waals surface area contributed by atoms with Crippen LogP contribution in [-0.4, -0.2) is 51.8 Å². The van der Waals surface area contributed by atoms with Gasteiger partial charge >= 0.3 is 0 Å². The lowest BCUT2D eigenvalue weighted by Gasteiger charge is -2.24. The SMILES string of the molecule is CCN(CC)CCN(C(=O)c1ccn(C(C)C)n1)c1nc2c(C)ccc(C)c2s1. The van der Waals surface area contributed by atoms with E-state index in [9.17, 15) is 4.79 Å². The molecule has 0 saturated carbocycles. The molecule has 7 heteroatoms. The summed E-state index contributed by atoms with van der Waals surface area (Å²) >= 11 is 1.59. The molecular weight excluding hydrogens is 382 g/mol. The van der Waals surface area contributed by atoms with Crippen LogP contribution in [0.25, 0.3) is 10.2 Å². The molecule has 0 aliphatic heterocycles. The molecule has 2 heterocycles.